The van der Waals surface area contributed by atoms with Crippen molar-refractivity contribution in [1.29, 1.82) is 0 Å². The molecule has 0 saturated heterocycles. The van der Waals surface area contributed by atoms with Crippen LogP contribution >= 0.6 is 0 Å². The molecular formula is C19H31SiZr. The first kappa shape index (κ1) is 23.2. The number of rotatable bonds is 0. The van der Waals surface area contributed by atoms with E-state index in [1.54, 1.807) is 0 Å². The predicted molar refractivity (Wildman–Crippen MR) is 95.3 cm³/mol. The van der Waals surface area contributed by atoms with Crippen molar-refractivity contribution in [3.63, 3.8) is 0 Å². The molecule has 0 amide bonds. The third-order valence-electron chi connectivity index (χ3n) is 4.00. The Balaban J connectivity index is 0. The Morgan fingerprint density at radius 2 is 1.24 bits per heavy atom. The van der Waals surface area contributed by atoms with Crippen LogP contribution in [-0.4, -0.2) is 9.52 Å². The van der Waals surface area contributed by atoms with Crippen LogP contribution < -0.4 is 0 Å². The van der Waals surface area contributed by atoms with Crippen LogP contribution in [0.3, 0.4) is 0 Å². The van der Waals surface area contributed by atoms with Gasteiger partial charge in [-0.3, -0.25) is 6.08 Å². The van der Waals surface area contributed by atoms with E-state index < -0.39 is 0 Å². The van der Waals surface area contributed by atoms with E-state index in [9.17, 15) is 0 Å². The summed E-state index contributed by atoms with van der Waals surface area (Å²) in [6.45, 7) is 19.5. The first-order valence-electron chi connectivity index (χ1n) is 7.44. The van der Waals surface area contributed by atoms with Crippen LogP contribution in [0.1, 0.15) is 49.4 Å². The molecule has 1 aliphatic rings. The quantitative estimate of drug-likeness (QED) is 0.405. The molecule has 0 N–H and O–H groups in total. The number of allylic oxidation sites excluding steroid dienone is 4. The van der Waals surface area contributed by atoms with E-state index in [1.807, 2.05) is 0 Å². The van der Waals surface area contributed by atoms with E-state index in [1.165, 1.54) is 39.0 Å². The van der Waals surface area contributed by atoms with Crippen molar-refractivity contribution in [2.75, 3.05) is 0 Å². The summed E-state index contributed by atoms with van der Waals surface area (Å²) < 4.78 is 0. The Kier molecular flexibility index (Phi) is 12.7. The van der Waals surface area contributed by atoms with Gasteiger partial charge >= 0.3 is 26.2 Å². The molecule has 1 aromatic rings. The molecule has 2 rings (SSSR count). The van der Waals surface area contributed by atoms with Crippen molar-refractivity contribution in [3.8, 4) is 0 Å². The van der Waals surface area contributed by atoms with Gasteiger partial charge in [0, 0.05) is 9.52 Å². The van der Waals surface area contributed by atoms with Gasteiger partial charge in [-0.1, -0.05) is 54.6 Å². The zero-order valence-electron chi connectivity index (χ0n) is 15.4. The maximum Gasteiger partial charge on any atom is 2.00 e. The molecule has 0 spiro atoms. The molecule has 0 atom stereocenters. The Morgan fingerprint density at radius 1 is 0.857 bits per heavy atom. The molecule has 0 aliphatic heterocycles. The summed E-state index contributed by atoms with van der Waals surface area (Å²) >= 11 is 0. The molecule has 0 nitrogen and oxygen atoms in total. The summed E-state index contributed by atoms with van der Waals surface area (Å²) in [5.41, 5.74) is 9.99. The molecule has 1 aliphatic carbocycles. The Bertz CT molecular complexity index is 462. The second kappa shape index (κ2) is 11.5. The number of hydrogen-bond donors (Lipinski definition) is 0. The van der Waals surface area contributed by atoms with Gasteiger partial charge in [-0.25, -0.2) is 5.57 Å². The van der Waals surface area contributed by atoms with Crippen LogP contribution in [-0.2, 0) is 26.2 Å². The van der Waals surface area contributed by atoms with Crippen molar-refractivity contribution in [2.45, 2.75) is 68.0 Å². The van der Waals surface area contributed by atoms with Gasteiger partial charge in [0.05, 0.1) is 0 Å². The van der Waals surface area contributed by atoms with Crippen LogP contribution in [0.25, 0.3) is 0 Å². The van der Waals surface area contributed by atoms with Crippen molar-refractivity contribution >= 4 is 9.52 Å². The van der Waals surface area contributed by atoms with E-state index >= 15 is 0 Å². The monoisotopic (exact) mass is 377 g/mol. The minimum atomic E-state index is 0. The van der Waals surface area contributed by atoms with Gasteiger partial charge in [-0.2, -0.15) is 39.5 Å². The molecule has 2 heteroatoms. The Morgan fingerprint density at radius 3 is 1.33 bits per heavy atom. The van der Waals surface area contributed by atoms with Crippen molar-refractivity contribution in [2.24, 2.45) is 0 Å². The van der Waals surface area contributed by atoms with Crippen LogP contribution in [0.5, 0.6) is 0 Å². The van der Waals surface area contributed by atoms with Crippen molar-refractivity contribution in [1.82, 2.24) is 0 Å². The van der Waals surface area contributed by atoms with Crippen LogP contribution in [0, 0.1) is 33.8 Å². The minimum absolute atomic E-state index is 0. The van der Waals surface area contributed by atoms with Crippen LogP contribution in [0.4, 0.5) is 0 Å². The third kappa shape index (κ3) is 7.66. The average Bonchev–Trinajstić information content (AvgIpc) is 2.80. The maximum absolute atomic E-state index is 3.26. The molecule has 1 aromatic carbocycles. The fourth-order valence-electron chi connectivity index (χ4n) is 1.98. The number of aryl methyl sites for hydroxylation is 2. The van der Waals surface area contributed by atoms with E-state index in [0.717, 1.165) is 15.9 Å². The SMILES string of the molecule is CC1=[C-]CC(C)=C1C.C[SiH]C.Cc1[cH-]c(C)c(C)c1C.[Zr+2]. The molecule has 0 unspecified atom stereocenters. The summed E-state index contributed by atoms with van der Waals surface area (Å²) in [7, 11) is 0.750. The third-order valence-corrected chi connectivity index (χ3v) is 4.00. The maximum atomic E-state index is 3.26. The van der Waals surface area contributed by atoms with E-state index in [2.05, 4.69) is 73.7 Å². The Hall–Kier alpha value is -0.0700. The largest absolute Gasteiger partial charge is 2.00 e. The molecule has 0 aromatic heterocycles. The minimum Gasteiger partial charge on any atom is -0.269 e. The summed E-state index contributed by atoms with van der Waals surface area (Å²) in [4.78, 5) is 0. The van der Waals surface area contributed by atoms with E-state index in [4.69, 9.17) is 0 Å². The molecular weight excluding hydrogens is 348 g/mol. The van der Waals surface area contributed by atoms with Gasteiger partial charge < -0.3 is 0 Å². The summed E-state index contributed by atoms with van der Waals surface area (Å²) in [5, 5.41) is 0. The van der Waals surface area contributed by atoms with E-state index in [-0.39, 0.29) is 26.2 Å². The standard InChI is InChI=1S/C9H13.C8H11.C2H7Si.Zr/c1-6-5-7(2)9(4)8(6)3;1-6-4-5-7(2)8(6)3;1-3-2;/h5H,1-4H3;4H2,1-3H3;3H,1-2H3;/q2*-1;;+2. The number of hydrogen-bond acceptors (Lipinski definition) is 0. The zero-order chi connectivity index (χ0) is 15.9. The van der Waals surface area contributed by atoms with Crippen molar-refractivity contribution in [3.05, 3.63) is 51.1 Å². The van der Waals surface area contributed by atoms with Crippen LogP contribution in [0.15, 0.2) is 22.8 Å². The molecule has 21 heavy (non-hydrogen) atoms. The summed E-state index contributed by atoms with van der Waals surface area (Å²) in [6.07, 6.45) is 4.31. The van der Waals surface area contributed by atoms with Crippen molar-refractivity contribution < 1.29 is 26.2 Å². The molecule has 1 radical (unpaired) electrons. The Labute approximate surface area is 154 Å². The second-order valence-corrected chi connectivity index (χ2v) is 6.88. The van der Waals surface area contributed by atoms with Gasteiger partial charge in [0.15, 0.2) is 0 Å². The fraction of sp³-hybridized carbons (Fsp3) is 0.526. The average molecular weight is 379 g/mol. The van der Waals surface area contributed by atoms with E-state index in [0.29, 0.717) is 0 Å². The molecule has 0 saturated carbocycles. The molecule has 0 bridgehead atoms. The normalized spacial score (nSPS) is 12.7. The zero-order valence-corrected chi connectivity index (χ0v) is 19.0. The van der Waals surface area contributed by atoms with Crippen LogP contribution in [0.2, 0.25) is 13.1 Å². The predicted octanol–water partition coefficient (Wildman–Crippen LogP) is 5.63. The van der Waals surface area contributed by atoms with Gasteiger partial charge in [0.2, 0.25) is 0 Å². The topological polar surface area (TPSA) is 0 Å². The van der Waals surface area contributed by atoms with Gasteiger partial charge in [-0.15, -0.1) is 13.3 Å². The summed E-state index contributed by atoms with van der Waals surface area (Å²) in [5.74, 6) is 0. The first-order chi connectivity index (χ1) is 9.26. The smallest absolute Gasteiger partial charge is 0.269 e. The van der Waals surface area contributed by atoms with Gasteiger partial charge in [0.25, 0.3) is 0 Å². The first-order valence-corrected chi connectivity index (χ1v) is 9.75. The second-order valence-electron chi connectivity index (χ2n) is 5.72. The summed E-state index contributed by atoms with van der Waals surface area (Å²) in [6, 6.07) is 2.24. The van der Waals surface area contributed by atoms with Gasteiger partial charge in [-0.05, 0) is 0 Å². The molecule has 0 fully saturated rings. The molecule has 0 heterocycles. The fourth-order valence-corrected chi connectivity index (χ4v) is 1.98. The molecule has 115 valence electrons. The van der Waals surface area contributed by atoms with Gasteiger partial charge in [0.1, 0.15) is 0 Å².